The molecule has 0 bridgehead atoms. The van der Waals surface area contributed by atoms with E-state index in [0.29, 0.717) is 16.1 Å². The second-order valence-electron chi connectivity index (χ2n) is 4.88. The molecule has 6 nitrogen and oxygen atoms in total. The Hall–Kier alpha value is -2.15. The number of carbonyl (C=O) groups excluding carboxylic acids is 1. The molecular formula is C14H16N4O2S. The number of pyridine rings is 1. The number of rotatable bonds is 5. The zero-order chi connectivity index (χ0) is 14.7. The quantitative estimate of drug-likeness (QED) is 0.890. The van der Waals surface area contributed by atoms with Crippen molar-refractivity contribution in [2.24, 2.45) is 5.92 Å². The van der Waals surface area contributed by atoms with Gasteiger partial charge in [-0.2, -0.15) is 0 Å². The zero-order valence-electron chi connectivity index (χ0n) is 11.6. The topological polar surface area (TPSA) is 76.1 Å². The Labute approximate surface area is 126 Å². The van der Waals surface area contributed by atoms with Crippen LogP contribution >= 0.6 is 11.3 Å². The Balaban J connectivity index is 1.64. The van der Waals surface area contributed by atoms with Crippen LogP contribution in [0.3, 0.4) is 0 Å². The molecule has 0 saturated heterocycles. The lowest BCUT2D eigenvalue weighted by Crippen LogP contribution is -2.33. The van der Waals surface area contributed by atoms with Gasteiger partial charge in [0.15, 0.2) is 10.2 Å². The van der Waals surface area contributed by atoms with Crippen LogP contribution in [0.5, 0.6) is 5.06 Å². The molecule has 3 rings (SSSR count). The van der Waals surface area contributed by atoms with Crippen molar-refractivity contribution in [3.63, 3.8) is 0 Å². The van der Waals surface area contributed by atoms with Crippen molar-refractivity contribution in [2.75, 3.05) is 12.4 Å². The lowest BCUT2D eigenvalue weighted by molar-refractivity contribution is 0.247. The molecule has 1 atom stereocenters. The number of anilines is 1. The Morgan fingerprint density at radius 2 is 2.19 bits per heavy atom. The van der Waals surface area contributed by atoms with Gasteiger partial charge in [0.25, 0.3) is 0 Å². The van der Waals surface area contributed by atoms with E-state index in [1.54, 1.807) is 25.7 Å². The Kier molecular flexibility index (Phi) is 4.01. The molecule has 0 radical (unpaired) electrons. The molecule has 2 amide bonds. The minimum absolute atomic E-state index is 0.0230. The average molecular weight is 304 g/mol. The summed E-state index contributed by atoms with van der Waals surface area (Å²) in [6, 6.07) is 3.65. The van der Waals surface area contributed by atoms with E-state index in [4.69, 9.17) is 4.74 Å². The van der Waals surface area contributed by atoms with Crippen LogP contribution in [-0.4, -0.2) is 23.1 Å². The first-order valence-electron chi connectivity index (χ1n) is 6.73. The fourth-order valence-corrected chi connectivity index (χ4v) is 2.79. The van der Waals surface area contributed by atoms with E-state index in [1.165, 1.54) is 11.3 Å². The summed E-state index contributed by atoms with van der Waals surface area (Å²) in [5, 5.41) is 6.95. The summed E-state index contributed by atoms with van der Waals surface area (Å²) >= 11 is 1.29. The van der Waals surface area contributed by atoms with E-state index in [2.05, 4.69) is 20.6 Å². The van der Waals surface area contributed by atoms with Gasteiger partial charge in [-0.3, -0.25) is 10.3 Å². The lowest BCUT2D eigenvalue weighted by atomic mass is 10.0. The van der Waals surface area contributed by atoms with Gasteiger partial charge in [-0.15, -0.1) is 0 Å². The zero-order valence-corrected chi connectivity index (χ0v) is 12.4. The van der Waals surface area contributed by atoms with E-state index in [9.17, 15) is 4.79 Å². The highest BCUT2D eigenvalue weighted by Gasteiger charge is 2.33. The van der Waals surface area contributed by atoms with Gasteiger partial charge in [0, 0.05) is 12.4 Å². The number of hydrogen-bond donors (Lipinski definition) is 2. The number of methoxy groups -OCH3 is 1. The van der Waals surface area contributed by atoms with Gasteiger partial charge in [0.05, 0.1) is 19.3 Å². The molecule has 110 valence electrons. The normalized spacial score (nSPS) is 15.3. The number of nitrogens with one attached hydrogen (secondary N) is 2. The summed E-state index contributed by atoms with van der Waals surface area (Å²) < 4.78 is 5.05. The van der Waals surface area contributed by atoms with Gasteiger partial charge in [-0.05, 0) is 36.5 Å². The van der Waals surface area contributed by atoms with Crippen molar-refractivity contribution in [1.82, 2.24) is 15.3 Å². The third-order valence-corrected chi connectivity index (χ3v) is 4.23. The SMILES string of the molecule is COc1cnc(NC(=O)N[C@H](c2ccncc2)C2CC2)s1. The summed E-state index contributed by atoms with van der Waals surface area (Å²) in [7, 11) is 1.57. The molecule has 1 fully saturated rings. The molecule has 1 aliphatic carbocycles. The first-order chi connectivity index (χ1) is 10.3. The highest BCUT2D eigenvalue weighted by atomic mass is 32.1. The largest absolute Gasteiger partial charge is 0.486 e. The average Bonchev–Trinajstić information content (AvgIpc) is 3.25. The lowest BCUT2D eigenvalue weighted by Gasteiger charge is -2.18. The molecule has 21 heavy (non-hydrogen) atoms. The summed E-state index contributed by atoms with van der Waals surface area (Å²) in [5.74, 6) is 0.504. The van der Waals surface area contributed by atoms with Crippen molar-refractivity contribution in [3.8, 4) is 5.06 Å². The maximum absolute atomic E-state index is 12.1. The molecule has 2 heterocycles. The van der Waals surface area contributed by atoms with Gasteiger partial charge < -0.3 is 10.1 Å². The summed E-state index contributed by atoms with van der Waals surface area (Å²) in [6.07, 6.45) is 7.35. The fourth-order valence-electron chi connectivity index (χ4n) is 2.16. The Morgan fingerprint density at radius 1 is 1.43 bits per heavy atom. The summed E-state index contributed by atoms with van der Waals surface area (Å²) in [4.78, 5) is 20.2. The molecule has 0 aliphatic heterocycles. The molecule has 2 N–H and O–H groups in total. The van der Waals surface area contributed by atoms with E-state index in [0.717, 1.165) is 18.4 Å². The van der Waals surface area contributed by atoms with Gasteiger partial charge in [-0.25, -0.2) is 9.78 Å². The van der Waals surface area contributed by atoms with E-state index in [-0.39, 0.29) is 12.1 Å². The number of nitrogens with zero attached hydrogens (tertiary/aromatic N) is 2. The molecule has 0 unspecified atom stereocenters. The van der Waals surface area contributed by atoms with Crippen molar-refractivity contribution in [2.45, 2.75) is 18.9 Å². The van der Waals surface area contributed by atoms with Crippen LogP contribution in [0.4, 0.5) is 9.93 Å². The smallest absolute Gasteiger partial charge is 0.321 e. The first kappa shape index (κ1) is 13.8. The van der Waals surface area contributed by atoms with Crippen LogP contribution in [-0.2, 0) is 0 Å². The molecule has 2 aromatic heterocycles. The Bertz CT molecular complexity index is 612. The Morgan fingerprint density at radius 3 is 2.81 bits per heavy atom. The predicted molar refractivity (Wildman–Crippen MR) is 80.5 cm³/mol. The van der Waals surface area contributed by atoms with Crippen molar-refractivity contribution in [1.29, 1.82) is 0 Å². The molecule has 7 heteroatoms. The minimum Gasteiger partial charge on any atom is -0.486 e. The number of carbonyl (C=O) groups is 1. The van der Waals surface area contributed by atoms with Crippen LogP contribution in [0.2, 0.25) is 0 Å². The van der Waals surface area contributed by atoms with Crippen molar-refractivity contribution >= 4 is 22.5 Å². The fraction of sp³-hybridized carbons (Fsp3) is 0.357. The van der Waals surface area contributed by atoms with Crippen LogP contribution < -0.4 is 15.4 Å². The van der Waals surface area contributed by atoms with Crippen LogP contribution in [0.15, 0.2) is 30.7 Å². The first-order valence-corrected chi connectivity index (χ1v) is 7.55. The van der Waals surface area contributed by atoms with Crippen molar-refractivity contribution in [3.05, 3.63) is 36.3 Å². The molecule has 2 aromatic rings. The third-order valence-electron chi connectivity index (χ3n) is 3.35. The molecule has 0 spiro atoms. The summed E-state index contributed by atoms with van der Waals surface area (Å²) in [5.41, 5.74) is 1.08. The minimum atomic E-state index is -0.249. The van der Waals surface area contributed by atoms with Gasteiger partial charge >= 0.3 is 6.03 Å². The number of thiazole rings is 1. The monoisotopic (exact) mass is 304 g/mol. The summed E-state index contributed by atoms with van der Waals surface area (Å²) in [6.45, 7) is 0. The predicted octanol–water partition coefficient (Wildman–Crippen LogP) is 2.82. The van der Waals surface area contributed by atoms with Gasteiger partial charge in [-0.1, -0.05) is 11.3 Å². The highest BCUT2D eigenvalue weighted by molar-refractivity contribution is 7.17. The van der Waals surface area contributed by atoms with Crippen LogP contribution in [0, 0.1) is 5.92 Å². The highest BCUT2D eigenvalue weighted by Crippen LogP contribution is 2.40. The van der Waals surface area contributed by atoms with E-state index in [1.807, 2.05) is 12.1 Å². The molecule has 1 saturated carbocycles. The molecule has 1 aliphatic rings. The number of aromatic nitrogens is 2. The number of hydrogen-bond acceptors (Lipinski definition) is 5. The van der Waals surface area contributed by atoms with Gasteiger partial charge in [0.2, 0.25) is 0 Å². The van der Waals surface area contributed by atoms with E-state index >= 15 is 0 Å². The van der Waals surface area contributed by atoms with Gasteiger partial charge in [0.1, 0.15) is 0 Å². The van der Waals surface area contributed by atoms with E-state index < -0.39 is 0 Å². The number of amides is 2. The second kappa shape index (κ2) is 6.09. The maximum atomic E-state index is 12.1. The number of urea groups is 1. The standard InChI is InChI=1S/C14H16N4O2S/c1-20-11-8-16-14(21-11)18-13(19)17-12(9-2-3-9)10-4-6-15-7-5-10/h4-9,12H,2-3H2,1H3,(H2,16,17,18,19)/t12-/m0/s1. The van der Waals surface area contributed by atoms with Crippen LogP contribution in [0.25, 0.3) is 0 Å². The maximum Gasteiger partial charge on any atom is 0.321 e. The van der Waals surface area contributed by atoms with Crippen LogP contribution in [0.1, 0.15) is 24.4 Å². The third kappa shape index (κ3) is 3.49. The molecule has 0 aromatic carbocycles. The number of ether oxygens (including phenoxy) is 1. The van der Waals surface area contributed by atoms with Crippen molar-refractivity contribution < 1.29 is 9.53 Å². The molecular weight excluding hydrogens is 288 g/mol. The second-order valence-corrected chi connectivity index (χ2v) is 5.88.